The van der Waals surface area contributed by atoms with Gasteiger partial charge in [-0.3, -0.25) is 4.79 Å². The normalized spacial score (nSPS) is 17.1. The molecule has 1 fully saturated rings. The van der Waals surface area contributed by atoms with Crippen LogP contribution in [0.5, 0.6) is 0 Å². The van der Waals surface area contributed by atoms with Gasteiger partial charge >= 0.3 is 0 Å². The van der Waals surface area contributed by atoms with E-state index in [0.29, 0.717) is 6.54 Å². The molecule has 0 aromatic heterocycles. The van der Waals surface area contributed by atoms with Gasteiger partial charge in [0.15, 0.2) is 0 Å². The Balaban J connectivity index is 2.07. The molecule has 0 spiro atoms. The van der Waals surface area contributed by atoms with E-state index >= 15 is 0 Å². The Morgan fingerprint density at radius 3 is 2.79 bits per heavy atom. The lowest BCUT2D eigenvalue weighted by Crippen LogP contribution is -2.42. The summed E-state index contributed by atoms with van der Waals surface area (Å²) in [6.45, 7) is 5.50. The number of nitrogens with one attached hydrogen (secondary N) is 1. The molecule has 0 aromatic rings. The predicted molar refractivity (Wildman–Crippen MR) is 61.7 cm³/mol. The summed E-state index contributed by atoms with van der Waals surface area (Å²) >= 11 is 1.93. The Bertz CT molecular complexity index is 170. The van der Waals surface area contributed by atoms with Crippen molar-refractivity contribution in [2.75, 3.05) is 37.7 Å². The van der Waals surface area contributed by atoms with E-state index in [2.05, 4.69) is 12.2 Å². The van der Waals surface area contributed by atoms with Gasteiger partial charge in [0, 0.05) is 24.6 Å². The number of nitrogens with zero attached hydrogens (tertiary/aromatic N) is 1. The fourth-order valence-corrected chi connectivity index (χ4v) is 2.32. The van der Waals surface area contributed by atoms with Gasteiger partial charge in [-0.2, -0.15) is 11.8 Å². The standard InChI is InChI=1S/C10H20N2OS/c1-2-3-4-11-9-10(13)12-5-7-14-8-6-12/h11H,2-9H2,1H3. The van der Waals surface area contributed by atoms with Crippen LogP contribution in [0.2, 0.25) is 0 Å². The molecular weight excluding hydrogens is 196 g/mol. The third-order valence-electron chi connectivity index (χ3n) is 2.35. The molecule has 82 valence electrons. The van der Waals surface area contributed by atoms with Crippen LogP contribution in [0.3, 0.4) is 0 Å². The van der Waals surface area contributed by atoms with Crippen LogP contribution in [0.1, 0.15) is 19.8 Å². The first kappa shape index (κ1) is 11.9. The summed E-state index contributed by atoms with van der Waals surface area (Å²) in [6.07, 6.45) is 2.34. The van der Waals surface area contributed by atoms with Crippen molar-refractivity contribution in [2.24, 2.45) is 0 Å². The monoisotopic (exact) mass is 216 g/mol. The Morgan fingerprint density at radius 2 is 2.14 bits per heavy atom. The first-order chi connectivity index (χ1) is 6.84. The summed E-state index contributed by atoms with van der Waals surface area (Å²) in [5.41, 5.74) is 0. The van der Waals surface area contributed by atoms with E-state index in [4.69, 9.17) is 0 Å². The van der Waals surface area contributed by atoms with Gasteiger partial charge in [-0.1, -0.05) is 13.3 Å². The zero-order valence-corrected chi connectivity index (χ0v) is 9.74. The van der Waals surface area contributed by atoms with Crippen molar-refractivity contribution in [3.05, 3.63) is 0 Å². The molecule has 1 amide bonds. The highest BCUT2D eigenvalue weighted by molar-refractivity contribution is 7.99. The van der Waals surface area contributed by atoms with Gasteiger partial charge in [0.05, 0.1) is 6.54 Å². The van der Waals surface area contributed by atoms with Crippen molar-refractivity contribution in [1.29, 1.82) is 0 Å². The lowest BCUT2D eigenvalue weighted by Gasteiger charge is -2.26. The van der Waals surface area contributed by atoms with Gasteiger partial charge < -0.3 is 10.2 Å². The average molecular weight is 216 g/mol. The summed E-state index contributed by atoms with van der Waals surface area (Å²) in [5, 5.41) is 3.19. The fourth-order valence-electron chi connectivity index (χ4n) is 1.42. The van der Waals surface area contributed by atoms with Gasteiger partial charge in [-0.05, 0) is 13.0 Å². The van der Waals surface area contributed by atoms with Gasteiger partial charge in [-0.25, -0.2) is 0 Å². The molecule has 1 aliphatic heterocycles. The Hall–Kier alpha value is -0.220. The van der Waals surface area contributed by atoms with Crippen LogP contribution < -0.4 is 5.32 Å². The summed E-state index contributed by atoms with van der Waals surface area (Å²) < 4.78 is 0. The lowest BCUT2D eigenvalue weighted by atomic mass is 10.3. The average Bonchev–Trinajstić information content (AvgIpc) is 2.25. The Morgan fingerprint density at radius 1 is 1.43 bits per heavy atom. The molecule has 1 rings (SSSR count). The molecule has 3 nitrogen and oxygen atoms in total. The second-order valence-corrected chi connectivity index (χ2v) is 4.75. The molecule has 0 unspecified atom stereocenters. The number of carbonyl (C=O) groups is 1. The molecule has 14 heavy (non-hydrogen) atoms. The lowest BCUT2D eigenvalue weighted by molar-refractivity contribution is -0.129. The maximum absolute atomic E-state index is 11.6. The predicted octanol–water partition coefficient (Wildman–Crippen LogP) is 0.952. The number of carbonyl (C=O) groups excluding carboxylic acids is 1. The second kappa shape index (κ2) is 7.12. The van der Waals surface area contributed by atoms with E-state index in [0.717, 1.165) is 37.6 Å². The zero-order chi connectivity index (χ0) is 10.2. The Labute approximate surface area is 90.6 Å². The first-order valence-corrected chi connectivity index (χ1v) is 6.56. The van der Waals surface area contributed by atoms with Gasteiger partial charge in [0.1, 0.15) is 0 Å². The SMILES string of the molecule is CCCCNCC(=O)N1CCSCC1. The molecule has 0 saturated carbocycles. The van der Waals surface area contributed by atoms with Crippen molar-refractivity contribution >= 4 is 17.7 Å². The number of amides is 1. The number of rotatable bonds is 5. The molecule has 1 saturated heterocycles. The highest BCUT2D eigenvalue weighted by Crippen LogP contribution is 2.08. The van der Waals surface area contributed by atoms with Crippen LogP contribution in [0.4, 0.5) is 0 Å². The van der Waals surface area contributed by atoms with Crippen molar-refractivity contribution in [3.63, 3.8) is 0 Å². The zero-order valence-electron chi connectivity index (χ0n) is 8.92. The van der Waals surface area contributed by atoms with Crippen molar-refractivity contribution < 1.29 is 4.79 Å². The molecule has 0 aromatic carbocycles. The largest absolute Gasteiger partial charge is 0.340 e. The van der Waals surface area contributed by atoms with Gasteiger partial charge in [0.2, 0.25) is 5.91 Å². The van der Waals surface area contributed by atoms with E-state index in [1.807, 2.05) is 16.7 Å². The fraction of sp³-hybridized carbons (Fsp3) is 0.900. The van der Waals surface area contributed by atoms with E-state index in [1.54, 1.807) is 0 Å². The first-order valence-electron chi connectivity index (χ1n) is 5.41. The molecule has 4 heteroatoms. The van der Waals surface area contributed by atoms with E-state index in [-0.39, 0.29) is 5.91 Å². The highest BCUT2D eigenvalue weighted by atomic mass is 32.2. The third kappa shape index (κ3) is 4.33. The maximum Gasteiger partial charge on any atom is 0.236 e. The minimum atomic E-state index is 0.265. The quantitative estimate of drug-likeness (QED) is 0.695. The summed E-state index contributed by atoms with van der Waals surface area (Å²) in [5.74, 6) is 2.46. The number of hydrogen-bond donors (Lipinski definition) is 1. The molecule has 1 N–H and O–H groups in total. The van der Waals surface area contributed by atoms with Crippen LogP contribution in [0.15, 0.2) is 0 Å². The van der Waals surface area contributed by atoms with Gasteiger partial charge in [-0.15, -0.1) is 0 Å². The molecule has 1 aliphatic rings. The molecular formula is C10H20N2OS. The maximum atomic E-state index is 11.6. The summed E-state index contributed by atoms with van der Waals surface area (Å²) in [4.78, 5) is 13.6. The highest BCUT2D eigenvalue weighted by Gasteiger charge is 2.15. The molecule has 0 bridgehead atoms. The van der Waals surface area contributed by atoms with Crippen molar-refractivity contribution in [1.82, 2.24) is 10.2 Å². The minimum absolute atomic E-state index is 0.265. The van der Waals surface area contributed by atoms with Crippen molar-refractivity contribution in [2.45, 2.75) is 19.8 Å². The minimum Gasteiger partial charge on any atom is -0.340 e. The number of thioether (sulfide) groups is 1. The molecule has 1 heterocycles. The van der Waals surface area contributed by atoms with Crippen LogP contribution in [-0.2, 0) is 4.79 Å². The van der Waals surface area contributed by atoms with Crippen LogP contribution in [-0.4, -0.2) is 48.5 Å². The summed E-state index contributed by atoms with van der Waals surface area (Å²) in [6, 6.07) is 0. The topological polar surface area (TPSA) is 32.3 Å². The summed E-state index contributed by atoms with van der Waals surface area (Å²) in [7, 11) is 0. The molecule has 0 atom stereocenters. The van der Waals surface area contributed by atoms with E-state index in [9.17, 15) is 4.79 Å². The smallest absolute Gasteiger partial charge is 0.236 e. The number of unbranched alkanes of at least 4 members (excludes halogenated alkanes) is 1. The van der Waals surface area contributed by atoms with Gasteiger partial charge in [0.25, 0.3) is 0 Å². The second-order valence-electron chi connectivity index (χ2n) is 3.52. The van der Waals surface area contributed by atoms with Crippen LogP contribution in [0.25, 0.3) is 0 Å². The molecule has 0 radical (unpaired) electrons. The van der Waals surface area contributed by atoms with E-state index < -0.39 is 0 Å². The van der Waals surface area contributed by atoms with E-state index in [1.165, 1.54) is 6.42 Å². The molecule has 0 aliphatic carbocycles. The van der Waals surface area contributed by atoms with Crippen molar-refractivity contribution in [3.8, 4) is 0 Å². The van der Waals surface area contributed by atoms with Crippen LogP contribution in [0, 0.1) is 0 Å². The van der Waals surface area contributed by atoms with Crippen LogP contribution >= 0.6 is 11.8 Å². The Kier molecular flexibility index (Phi) is 6.03. The third-order valence-corrected chi connectivity index (χ3v) is 3.29. The number of hydrogen-bond acceptors (Lipinski definition) is 3.